The fraction of sp³-hybridized carbons (Fsp3) is 0.571. The zero-order chi connectivity index (χ0) is 11.5. The molecule has 0 saturated carbocycles. The maximum Gasteiger partial charge on any atom is 0.0871 e. The molecule has 0 aliphatic rings. The van der Waals surface area contributed by atoms with E-state index in [4.69, 9.17) is 0 Å². The first-order valence-electron chi connectivity index (χ1n) is 5.80. The Morgan fingerprint density at radius 2 is 1.87 bits per heavy atom. The maximum absolute atomic E-state index is 10.4. The van der Waals surface area contributed by atoms with Crippen molar-refractivity contribution in [2.24, 2.45) is 0 Å². The highest BCUT2D eigenvalue weighted by molar-refractivity contribution is 5.34. The van der Waals surface area contributed by atoms with Gasteiger partial charge in [0.15, 0.2) is 0 Å². The molecule has 1 heteroatoms. The fourth-order valence-electron chi connectivity index (χ4n) is 2.11. The quantitative estimate of drug-likeness (QED) is 0.794. The van der Waals surface area contributed by atoms with Crippen LogP contribution >= 0.6 is 0 Å². The van der Waals surface area contributed by atoms with Crippen molar-refractivity contribution in [1.82, 2.24) is 0 Å². The molecule has 0 fully saturated rings. The van der Waals surface area contributed by atoms with Gasteiger partial charge < -0.3 is 5.11 Å². The maximum atomic E-state index is 10.4. The van der Waals surface area contributed by atoms with Gasteiger partial charge in [0.2, 0.25) is 0 Å². The van der Waals surface area contributed by atoms with Crippen molar-refractivity contribution in [2.75, 3.05) is 0 Å². The van der Waals surface area contributed by atoms with Gasteiger partial charge in [-0.3, -0.25) is 0 Å². The lowest BCUT2D eigenvalue weighted by molar-refractivity contribution is 0.0458. The summed E-state index contributed by atoms with van der Waals surface area (Å²) < 4.78 is 0. The first-order chi connectivity index (χ1) is 6.99. The molecule has 15 heavy (non-hydrogen) atoms. The van der Waals surface area contributed by atoms with Crippen LogP contribution in [0.25, 0.3) is 0 Å². The highest BCUT2D eigenvalue weighted by Crippen LogP contribution is 2.32. The summed E-state index contributed by atoms with van der Waals surface area (Å²) in [6.07, 6.45) is 1.82. The number of hydrogen-bond acceptors (Lipinski definition) is 1. The molecule has 1 rings (SSSR count). The van der Waals surface area contributed by atoms with E-state index in [0.29, 0.717) is 5.92 Å². The molecule has 0 unspecified atom stereocenters. The molecular weight excluding hydrogens is 184 g/mol. The zero-order valence-corrected chi connectivity index (χ0v) is 10.2. The van der Waals surface area contributed by atoms with E-state index >= 15 is 0 Å². The third-order valence-electron chi connectivity index (χ3n) is 2.90. The van der Waals surface area contributed by atoms with Crippen molar-refractivity contribution in [3.8, 4) is 0 Å². The summed E-state index contributed by atoms with van der Waals surface area (Å²) in [5.41, 5.74) is 1.66. The molecule has 0 aliphatic heterocycles. The monoisotopic (exact) mass is 206 g/mol. The van der Waals surface area contributed by atoms with Crippen molar-refractivity contribution in [2.45, 2.75) is 52.1 Å². The molecule has 1 nitrogen and oxygen atoms in total. The molecule has 0 aliphatic carbocycles. The summed E-state index contributed by atoms with van der Waals surface area (Å²) in [6.45, 7) is 8.35. The molecule has 0 bridgehead atoms. The molecule has 0 heterocycles. The average molecular weight is 206 g/mol. The molecule has 84 valence electrons. The SMILES string of the molecule is CCC[C@@](C)(O)c1ccccc1C(C)C. The van der Waals surface area contributed by atoms with Gasteiger partial charge in [-0.2, -0.15) is 0 Å². The summed E-state index contributed by atoms with van der Waals surface area (Å²) in [7, 11) is 0. The molecule has 0 amide bonds. The molecule has 0 aromatic heterocycles. The van der Waals surface area contributed by atoms with E-state index in [0.717, 1.165) is 18.4 Å². The van der Waals surface area contributed by atoms with Gasteiger partial charge >= 0.3 is 0 Å². The van der Waals surface area contributed by atoms with Crippen molar-refractivity contribution in [3.05, 3.63) is 35.4 Å². The van der Waals surface area contributed by atoms with Crippen LogP contribution in [0.4, 0.5) is 0 Å². The average Bonchev–Trinajstić information content (AvgIpc) is 2.17. The van der Waals surface area contributed by atoms with E-state index in [9.17, 15) is 5.11 Å². The van der Waals surface area contributed by atoms with Crippen LogP contribution in [0.1, 0.15) is 57.6 Å². The largest absolute Gasteiger partial charge is 0.385 e. The minimum atomic E-state index is -0.685. The third kappa shape index (κ3) is 2.82. The van der Waals surface area contributed by atoms with E-state index in [-0.39, 0.29) is 0 Å². The van der Waals surface area contributed by atoms with Gasteiger partial charge in [-0.25, -0.2) is 0 Å². The molecule has 1 aromatic carbocycles. The van der Waals surface area contributed by atoms with Crippen LogP contribution in [0, 0.1) is 0 Å². The molecule has 1 aromatic rings. The predicted octanol–water partition coefficient (Wildman–Crippen LogP) is 3.82. The van der Waals surface area contributed by atoms with E-state index in [1.54, 1.807) is 0 Å². The Labute approximate surface area is 93.1 Å². The summed E-state index contributed by atoms with van der Waals surface area (Å²) in [5.74, 6) is 0.463. The first-order valence-corrected chi connectivity index (χ1v) is 5.80. The van der Waals surface area contributed by atoms with Crippen LogP contribution in [0.2, 0.25) is 0 Å². The predicted molar refractivity (Wildman–Crippen MR) is 65.0 cm³/mol. The van der Waals surface area contributed by atoms with E-state index in [2.05, 4.69) is 26.8 Å². The minimum absolute atomic E-state index is 0.463. The summed E-state index contributed by atoms with van der Waals surface area (Å²) >= 11 is 0. The van der Waals surface area contributed by atoms with Gasteiger partial charge in [0, 0.05) is 0 Å². The lowest BCUT2D eigenvalue weighted by Crippen LogP contribution is -2.22. The van der Waals surface area contributed by atoms with Crippen LogP contribution in [-0.2, 0) is 5.60 Å². The molecular formula is C14H22O. The Bertz CT molecular complexity index is 313. The fourth-order valence-corrected chi connectivity index (χ4v) is 2.11. The van der Waals surface area contributed by atoms with Crippen LogP contribution < -0.4 is 0 Å². The second-order valence-corrected chi connectivity index (χ2v) is 4.77. The Morgan fingerprint density at radius 3 is 2.40 bits per heavy atom. The molecule has 1 N–H and O–H groups in total. The van der Waals surface area contributed by atoms with Crippen molar-refractivity contribution < 1.29 is 5.11 Å². The number of aliphatic hydroxyl groups is 1. The van der Waals surface area contributed by atoms with Crippen LogP contribution in [0.5, 0.6) is 0 Å². The van der Waals surface area contributed by atoms with E-state index in [1.165, 1.54) is 5.56 Å². The topological polar surface area (TPSA) is 20.2 Å². The van der Waals surface area contributed by atoms with Gasteiger partial charge in [0.25, 0.3) is 0 Å². The van der Waals surface area contributed by atoms with Gasteiger partial charge in [0.1, 0.15) is 0 Å². The van der Waals surface area contributed by atoms with Gasteiger partial charge in [-0.1, -0.05) is 51.5 Å². The van der Waals surface area contributed by atoms with Gasteiger partial charge in [-0.15, -0.1) is 0 Å². The highest BCUT2D eigenvalue weighted by Gasteiger charge is 2.25. The van der Waals surface area contributed by atoms with Gasteiger partial charge in [0.05, 0.1) is 5.60 Å². The zero-order valence-electron chi connectivity index (χ0n) is 10.2. The Morgan fingerprint density at radius 1 is 1.27 bits per heavy atom. The highest BCUT2D eigenvalue weighted by atomic mass is 16.3. The molecule has 0 radical (unpaired) electrons. The smallest absolute Gasteiger partial charge is 0.0871 e. The summed E-state index contributed by atoms with van der Waals surface area (Å²) in [6, 6.07) is 8.21. The number of hydrogen-bond donors (Lipinski definition) is 1. The van der Waals surface area contributed by atoms with Crippen molar-refractivity contribution >= 4 is 0 Å². The Hall–Kier alpha value is -0.820. The minimum Gasteiger partial charge on any atom is -0.385 e. The molecule has 0 saturated heterocycles. The molecule has 0 spiro atoms. The summed E-state index contributed by atoms with van der Waals surface area (Å²) in [5, 5.41) is 10.4. The van der Waals surface area contributed by atoms with Gasteiger partial charge in [-0.05, 0) is 30.4 Å². The van der Waals surface area contributed by atoms with E-state index in [1.807, 2.05) is 25.1 Å². The van der Waals surface area contributed by atoms with Crippen LogP contribution in [0.15, 0.2) is 24.3 Å². The first kappa shape index (κ1) is 12.3. The second kappa shape index (κ2) is 4.80. The Kier molecular flexibility index (Phi) is 3.92. The normalized spacial score (nSPS) is 15.3. The standard InChI is InChI=1S/C14H22O/c1-5-10-14(4,15)13-9-7-6-8-12(13)11(2)3/h6-9,11,15H,5,10H2,1-4H3/t14-/m1/s1. The Balaban J connectivity index is 3.12. The van der Waals surface area contributed by atoms with E-state index < -0.39 is 5.60 Å². The third-order valence-corrected chi connectivity index (χ3v) is 2.90. The van der Waals surface area contributed by atoms with Crippen molar-refractivity contribution in [1.29, 1.82) is 0 Å². The summed E-state index contributed by atoms with van der Waals surface area (Å²) in [4.78, 5) is 0. The van der Waals surface area contributed by atoms with Crippen molar-refractivity contribution in [3.63, 3.8) is 0 Å². The van der Waals surface area contributed by atoms with Crippen LogP contribution in [0.3, 0.4) is 0 Å². The number of benzene rings is 1. The lowest BCUT2D eigenvalue weighted by atomic mass is 9.84. The second-order valence-electron chi connectivity index (χ2n) is 4.77. The van der Waals surface area contributed by atoms with Crippen LogP contribution in [-0.4, -0.2) is 5.11 Å². The lowest BCUT2D eigenvalue weighted by Gasteiger charge is -2.27. The number of rotatable bonds is 4. The molecule has 1 atom stereocenters.